The van der Waals surface area contributed by atoms with E-state index in [0.29, 0.717) is 11.3 Å². The van der Waals surface area contributed by atoms with Crippen molar-refractivity contribution in [1.82, 2.24) is 0 Å². The van der Waals surface area contributed by atoms with Gasteiger partial charge in [-0.25, -0.2) is 4.79 Å². The zero-order chi connectivity index (χ0) is 9.26. The molecule has 0 aliphatic carbocycles. The summed E-state index contributed by atoms with van der Waals surface area (Å²) in [6, 6.07) is 7.35. The Morgan fingerprint density at radius 1 is 1.31 bits per heavy atom. The van der Waals surface area contributed by atoms with Crippen LogP contribution in [0.15, 0.2) is 24.3 Å². The van der Waals surface area contributed by atoms with Gasteiger partial charge in [0.15, 0.2) is 0 Å². The Balaban J connectivity index is 2.53. The summed E-state index contributed by atoms with van der Waals surface area (Å²) in [6.45, 7) is 1.96. The number of ether oxygens (including phenoxy) is 1. The molecule has 1 aliphatic rings. The molecule has 0 spiro atoms. The molecule has 0 saturated heterocycles. The highest BCUT2D eigenvalue weighted by Crippen LogP contribution is 2.28. The van der Waals surface area contributed by atoms with Crippen molar-refractivity contribution in [2.75, 3.05) is 0 Å². The molecule has 2 nitrogen and oxygen atoms in total. The van der Waals surface area contributed by atoms with Crippen LogP contribution in [0.25, 0.3) is 5.76 Å². The van der Waals surface area contributed by atoms with Gasteiger partial charge >= 0.3 is 5.97 Å². The summed E-state index contributed by atoms with van der Waals surface area (Å²) < 4.78 is 5.04. The molecule has 0 amide bonds. The van der Waals surface area contributed by atoms with Crippen LogP contribution in [0.2, 0.25) is 0 Å². The first-order chi connectivity index (χ1) is 6.33. The van der Waals surface area contributed by atoms with E-state index in [1.165, 1.54) is 0 Å². The molecular weight excluding hydrogens is 164 g/mol. The number of carbonyl (C=O) groups is 1. The van der Waals surface area contributed by atoms with E-state index in [4.69, 9.17) is 4.74 Å². The lowest BCUT2D eigenvalue weighted by molar-refractivity contribution is 0.0714. The smallest absolute Gasteiger partial charge is 0.344 e. The van der Waals surface area contributed by atoms with Gasteiger partial charge in [-0.2, -0.15) is 0 Å². The normalized spacial score (nSPS) is 17.3. The van der Waals surface area contributed by atoms with Crippen LogP contribution < -0.4 is 0 Å². The van der Waals surface area contributed by atoms with Crippen molar-refractivity contribution in [3.63, 3.8) is 0 Å². The molecule has 0 bridgehead atoms. The Bertz CT molecular complexity index is 377. The van der Waals surface area contributed by atoms with Gasteiger partial charge in [-0.3, -0.25) is 0 Å². The van der Waals surface area contributed by atoms with Crippen LogP contribution in [0.5, 0.6) is 0 Å². The predicted molar refractivity (Wildman–Crippen MR) is 48.8 cm³/mol. The maximum absolute atomic E-state index is 11.3. The average Bonchev–Trinajstić information content (AvgIpc) is 2.46. The van der Waals surface area contributed by atoms with Crippen LogP contribution in [0.1, 0.15) is 29.3 Å². The summed E-state index contributed by atoms with van der Waals surface area (Å²) in [5.74, 6) is 0.301. The van der Waals surface area contributed by atoms with Crippen molar-refractivity contribution < 1.29 is 9.53 Å². The zero-order valence-electron chi connectivity index (χ0n) is 7.33. The van der Waals surface area contributed by atoms with E-state index in [1.54, 1.807) is 6.07 Å². The number of benzene rings is 1. The van der Waals surface area contributed by atoms with Gasteiger partial charge in [0, 0.05) is 11.6 Å². The maximum atomic E-state index is 11.3. The number of hydrogen-bond donors (Lipinski definition) is 0. The van der Waals surface area contributed by atoms with E-state index in [2.05, 4.69) is 6.08 Å². The van der Waals surface area contributed by atoms with Crippen molar-refractivity contribution >= 4 is 11.7 Å². The van der Waals surface area contributed by atoms with Crippen LogP contribution in [0, 0.1) is 6.08 Å². The molecule has 2 heteroatoms. The second-order valence-electron chi connectivity index (χ2n) is 2.79. The van der Waals surface area contributed by atoms with Gasteiger partial charge in [0.2, 0.25) is 0 Å². The Hall–Kier alpha value is -1.57. The third-order valence-electron chi connectivity index (χ3n) is 1.92. The van der Waals surface area contributed by atoms with Gasteiger partial charge in [-0.1, -0.05) is 25.1 Å². The third kappa shape index (κ3) is 1.24. The van der Waals surface area contributed by atoms with E-state index in [9.17, 15) is 4.79 Å². The van der Waals surface area contributed by atoms with Crippen molar-refractivity contribution in [3.05, 3.63) is 41.5 Å². The first-order valence-electron chi connectivity index (χ1n) is 4.25. The van der Waals surface area contributed by atoms with Gasteiger partial charge < -0.3 is 4.74 Å². The van der Waals surface area contributed by atoms with Crippen LogP contribution in [-0.2, 0) is 4.74 Å². The highest BCUT2D eigenvalue weighted by atomic mass is 16.5. The zero-order valence-corrected chi connectivity index (χ0v) is 7.33. The molecule has 0 unspecified atom stereocenters. The molecule has 1 aromatic carbocycles. The molecule has 1 aliphatic heterocycles. The number of carbonyl (C=O) groups excluding carboxylic acids is 1. The van der Waals surface area contributed by atoms with Crippen molar-refractivity contribution in [2.45, 2.75) is 13.3 Å². The molecule has 0 fully saturated rings. The molecule has 0 saturated carbocycles. The lowest BCUT2D eigenvalue weighted by Crippen LogP contribution is -1.92. The molecule has 0 atom stereocenters. The fourth-order valence-corrected chi connectivity index (χ4v) is 1.35. The van der Waals surface area contributed by atoms with E-state index < -0.39 is 0 Å². The number of cyclic esters (lactones) is 1. The molecule has 0 aromatic heterocycles. The Morgan fingerprint density at radius 2 is 2.00 bits per heavy atom. The molecule has 65 valence electrons. The summed E-state index contributed by atoms with van der Waals surface area (Å²) in [5.41, 5.74) is 1.49. The summed E-state index contributed by atoms with van der Waals surface area (Å²) in [7, 11) is 0. The quantitative estimate of drug-likeness (QED) is 0.609. The Morgan fingerprint density at radius 3 is 2.69 bits per heavy atom. The number of rotatable bonds is 1. The van der Waals surface area contributed by atoms with Crippen LogP contribution in [0.3, 0.4) is 0 Å². The highest BCUT2D eigenvalue weighted by molar-refractivity contribution is 6.02. The van der Waals surface area contributed by atoms with Gasteiger partial charge in [-0.15, -0.1) is 0 Å². The Labute approximate surface area is 76.8 Å². The number of fused-ring (bicyclic) bond motifs is 1. The summed E-state index contributed by atoms with van der Waals surface area (Å²) >= 11 is 0. The van der Waals surface area contributed by atoms with Gasteiger partial charge in [0.1, 0.15) is 5.76 Å². The molecular formula is C11H9O2. The molecule has 13 heavy (non-hydrogen) atoms. The first-order valence-corrected chi connectivity index (χ1v) is 4.25. The first kappa shape index (κ1) is 8.05. The van der Waals surface area contributed by atoms with Crippen LogP contribution in [-0.4, -0.2) is 5.97 Å². The summed E-state index contributed by atoms with van der Waals surface area (Å²) in [6.07, 6.45) is 3.75. The number of allylic oxidation sites excluding steroid dienone is 1. The SMILES string of the molecule is CC/[C]=C1/OC(=O)c2ccccc21. The number of hydrogen-bond acceptors (Lipinski definition) is 2. The monoisotopic (exact) mass is 173 g/mol. The standard InChI is InChI=1S/C11H9O2/c1-2-5-10-8-6-3-4-7-9(8)11(12)13-10/h3-4,6-7H,2H2,1H3. The molecule has 0 N–H and O–H groups in total. The fraction of sp³-hybridized carbons (Fsp3) is 0.182. The minimum Gasteiger partial charge on any atom is -0.422 e. The lowest BCUT2D eigenvalue weighted by Gasteiger charge is -1.94. The summed E-state index contributed by atoms with van der Waals surface area (Å²) in [4.78, 5) is 11.3. The van der Waals surface area contributed by atoms with Crippen molar-refractivity contribution in [1.29, 1.82) is 0 Å². The summed E-state index contributed by atoms with van der Waals surface area (Å²) in [5, 5.41) is 0. The second kappa shape index (κ2) is 3.05. The van der Waals surface area contributed by atoms with Gasteiger partial charge in [-0.05, 0) is 12.5 Å². The van der Waals surface area contributed by atoms with Gasteiger partial charge in [0.25, 0.3) is 0 Å². The van der Waals surface area contributed by atoms with E-state index in [1.807, 2.05) is 25.1 Å². The van der Waals surface area contributed by atoms with Gasteiger partial charge in [0.05, 0.1) is 5.56 Å². The van der Waals surface area contributed by atoms with E-state index in [-0.39, 0.29) is 5.97 Å². The van der Waals surface area contributed by atoms with Crippen LogP contribution in [0.4, 0.5) is 0 Å². The third-order valence-corrected chi connectivity index (χ3v) is 1.92. The largest absolute Gasteiger partial charge is 0.422 e. The van der Waals surface area contributed by atoms with E-state index >= 15 is 0 Å². The second-order valence-corrected chi connectivity index (χ2v) is 2.79. The number of esters is 1. The highest BCUT2D eigenvalue weighted by Gasteiger charge is 2.24. The molecule has 2 rings (SSSR count). The molecule has 1 radical (unpaired) electrons. The Kier molecular flexibility index (Phi) is 1.89. The average molecular weight is 173 g/mol. The van der Waals surface area contributed by atoms with Crippen molar-refractivity contribution in [2.24, 2.45) is 0 Å². The molecule has 1 aromatic rings. The fourth-order valence-electron chi connectivity index (χ4n) is 1.35. The minimum atomic E-state index is -0.272. The minimum absolute atomic E-state index is 0.272. The predicted octanol–water partition coefficient (Wildman–Crippen LogP) is 2.41. The van der Waals surface area contributed by atoms with E-state index in [0.717, 1.165) is 12.0 Å². The van der Waals surface area contributed by atoms with Crippen molar-refractivity contribution in [3.8, 4) is 0 Å². The lowest BCUT2D eigenvalue weighted by atomic mass is 10.1. The maximum Gasteiger partial charge on any atom is 0.344 e. The van der Waals surface area contributed by atoms with Crippen LogP contribution >= 0.6 is 0 Å². The topological polar surface area (TPSA) is 26.3 Å². The molecule has 1 heterocycles.